The third-order valence-electron chi connectivity index (χ3n) is 3.59. The second-order valence-electron chi connectivity index (χ2n) is 4.76. The molecule has 0 radical (unpaired) electrons. The van der Waals surface area contributed by atoms with E-state index >= 15 is 0 Å². The van der Waals surface area contributed by atoms with E-state index in [1.165, 1.54) is 43.4 Å². The van der Waals surface area contributed by atoms with Gasteiger partial charge in [-0.1, -0.05) is 30.6 Å². The van der Waals surface area contributed by atoms with Gasteiger partial charge in [0.15, 0.2) is 3.95 Å². The van der Waals surface area contributed by atoms with E-state index in [9.17, 15) is 4.79 Å². The van der Waals surface area contributed by atoms with E-state index < -0.39 is 0 Å². The van der Waals surface area contributed by atoms with Crippen molar-refractivity contribution in [2.24, 2.45) is 5.92 Å². The normalized spacial score (nSPS) is 25.9. The van der Waals surface area contributed by atoms with Crippen molar-refractivity contribution in [1.82, 2.24) is 10.2 Å². The van der Waals surface area contributed by atoms with Gasteiger partial charge in [-0.25, -0.2) is 0 Å². The van der Waals surface area contributed by atoms with Crippen molar-refractivity contribution in [3.05, 3.63) is 3.95 Å². The monoisotopic (exact) mass is 301 g/mol. The summed E-state index contributed by atoms with van der Waals surface area (Å²) in [6, 6.07) is 0. The number of aromatic nitrogens is 2. The van der Waals surface area contributed by atoms with Gasteiger partial charge >= 0.3 is 0 Å². The number of anilines is 1. The van der Waals surface area contributed by atoms with Crippen molar-refractivity contribution in [1.29, 1.82) is 0 Å². The van der Waals surface area contributed by atoms with E-state index in [1.54, 1.807) is 11.8 Å². The second-order valence-corrected chi connectivity index (χ2v) is 7.51. The minimum atomic E-state index is 0.174. The summed E-state index contributed by atoms with van der Waals surface area (Å²) in [6.45, 7) is 0. The Bertz CT molecular complexity index is 492. The van der Waals surface area contributed by atoms with Crippen molar-refractivity contribution in [3.8, 4) is 0 Å². The molecule has 2 fully saturated rings. The number of hydrogen-bond acceptors (Lipinski definition) is 5. The maximum Gasteiger partial charge on any atom is 0.239 e. The number of aromatic amines is 1. The first-order chi connectivity index (χ1) is 8.75. The van der Waals surface area contributed by atoms with E-state index in [0.717, 1.165) is 5.13 Å². The quantitative estimate of drug-likeness (QED) is 0.852. The molecule has 1 N–H and O–H groups in total. The van der Waals surface area contributed by atoms with Crippen molar-refractivity contribution in [2.45, 2.75) is 37.5 Å². The number of carbonyl (C=O) groups excluding carboxylic acids is 1. The highest BCUT2D eigenvalue weighted by atomic mass is 32.2. The number of H-pyrrole nitrogens is 1. The largest absolute Gasteiger partial charge is 0.273 e. The van der Waals surface area contributed by atoms with Gasteiger partial charge in [0.1, 0.15) is 0 Å². The molecule has 2 heterocycles. The van der Waals surface area contributed by atoms with E-state index in [0.29, 0.717) is 15.6 Å². The Balaban J connectivity index is 1.84. The number of nitrogens with one attached hydrogen (secondary N) is 1. The van der Waals surface area contributed by atoms with Gasteiger partial charge in [0.2, 0.25) is 11.0 Å². The summed E-state index contributed by atoms with van der Waals surface area (Å²) in [5.41, 5.74) is 0. The van der Waals surface area contributed by atoms with Crippen LogP contribution in [0.25, 0.3) is 0 Å². The summed E-state index contributed by atoms with van der Waals surface area (Å²) in [6.07, 6.45) is 6.39. The molecular formula is C11H15N3OS3. The number of rotatable bonds is 2. The van der Waals surface area contributed by atoms with E-state index in [1.807, 2.05) is 4.90 Å². The Hall–Kier alpha value is -0.400. The van der Waals surface area contributed by atoms with Crippen molar-refractivity contribution < 1.29 is 4.79 Å². The zero-order valence-corrected chi connectivity index (χ0v) is 12.4. The maximum atomic E-state index is 12.1. The van der Waals surface area contributed by atoms with Crippen LogP contribution in [-0.2, 0) is 4.79 Å². The third kappa shape index (κ3) is 2.35. The lowest BCUT2D eigenvalue weighted by Gasteiger charge is -2.31. The van der Waals surface area contributed by atoms with Gasteiger partial charge in [-0.15, -0.1) is 16.9 Å². The predicted molar refractivity (Wildman–Crippen MR) is 77.6 cm³/mol. The Labute approximate surface area is 119 Å². The highest BCUT2D eigenvalue weighted by Gasteiger charge is 2.39. The van der Waals surface area contributed by atoms with Crippen LogP contribution in [0.4, 0.5) is 5.13 Å². The zero-order chi connectivity index (χ0) is 12.5. The number of nitrogens with zero attached hydrogens (tertiary/aromatic N) is 2. The van der Waals surface area contributed by atoms with Crippen LogP contribution < -0.4 is 4.90 Å². The number of carbonyl (C=O) groups is 1. The molecule has 1 aromatic heterocycles. The molecular weight excluding hydrogens is 286 g/mol. The fourth-order valence-electron chi connectivity index (χ4n) is 2.75. The first-order valence-electron chi connectivity index (χ1n) is 6.25. The van der Waals surface area contributed by atoms with Gasteiger partial charge in [0, 0.05) is 0 Å². The second kappa shape index (κ2) is 5.30. The molecule has 1 amide bonds. The first-order valence-corrected chi connectivity index (χ1v) is 8.52. The SMILES string of the molecule is O=C1CSC(C2CCCCC2)N1c1n[nH]c(=S)s1. The minimum absolute atomic E-state index is 0.174. The van der Waals surface area contributed by atoms with E-state index in [4.69, 9.17) is 12.2 Å². The van der Waals surface area contributed by atoms with Crippen LogP contribution >= 0.6 is 35.3 Å². The van der Waals surface area contributed by atoms with Crippen LogP contribution in [0.3, 0.4) is 0 Å². The van der Waals surface area contributed by atoms with Crippen LogP contribution in [0.5, 0.6) is 0 Å². The first kappa shape index (κ1) is 12.6. The van der Waals surface area contributed by atoms with Crippen molar-refractivity contribution in [2.75, 3.05) is 10.7 Å². The minimum Gasteiger partial charge on any atom is -0.273 e. The number of thioether (sulfide) groups is 1. The summed E-state index contributed by atoms with van der Waals surface area (Å²) < 4.78 is 0.636. The Morgan fingerprint density at radius 1 is 1.33 bits per heavy atom. The molecule has 1 aromatic rings. The molecule has 1 aliphatic heterocycles. The average Bonchev–Trinajstić information content (AvgIpc) is 2.96. The van der Waals surface area contributed by atoms with Gasteiger partial charge in [-0.3, -0.25) is 14.8 Å². The molecule has 0 spiro atoms. The summed E-state index contributed by atoms with van der Waals surface area (Å²) in [4.78, 5) is 13.9. The van der Waals surface area contributed by atoms with Gasteiger partial charge in [-0.05, 0) is 31.0 Å². The highest BCUT2D eigenvalue weighted by molar-refractivity contribution is 8.01. The third-order valence-corrected chi connectivity index (χ3v) is 6.03. The summed E-state index contributed by atoms with van der Waals surface area (Å²) in [5.74, 6) is 1.37. The number of amides is 1. The van der Waals surface area contributed by atoms with E-state index in [2.05, 4.69) is 10.2 Å². The highest BCUT2D eigenvalue weighted by Crippen LogP contribution is 2.41. The smallest absolute Gasteiger partial charge is 0.239 e. The lowest BCUT2D eigenvalue weighted by molar-refractivity contribution is -0.116. The molecule has 0 bridgehead atoms. The Kier molecular flexibility index (Phi) is 3.72. The fraction of sp³-hybridized carbons (Fsp3) is 0.727. The molecule has 1 aliphatic carbocycles. The van der Waals surface area contributed by atoms with Gasteiger partial charge in [0.05, 0.1) is 11.1 Å². The van der Waals surface area contributed by atoms with Gasteiger partial charge < -0.3 is 0 Å². The molecule has 1 unspecified atom stereocenters. The molecule has 4 nitrogen and oxygen atoms in total. The molecule has 18 heavy (non-hydrogen) atoms. The molecule has 2 aliphatic rings. The van der Waals surface area contributed by atoms with Crippen LogP contribution in [-0.4, -0.2) is 27.2 Å². The Morgan fingerprint density at radius 3 is 2.78 bits per heavy atom. The van der Waals surface area contributed by atoms with Crippen molar-refractivity contribution >= 4 is 46.4 Å². The summed E-state index contributed by atoms with van der Waals surface area (Å²) in [7, 11) is 0. The predicted octanol–water partition coefficient (Wildman–Crippen LogP) is 3.19. The lowest BCUT2D eigenvalue weighted by Crippen LogP contribution is -2.38. The summed E-state index contributed by atoms with van der Waals surface area (Å²) >= 11 is 8.22. The Morgan fingerprint density at radius 2 is 2.11 bits per heavy atom. The van der Waals surface area contributed by atoms with Crippen LogP contribution in [0.15, 0.2) is 0 Å². The van der Waals surface area contributed by atoms with Gasteiger partial charge in [0.25, 0.3) is 0 Å². The molecule has 0 aromatic carbocycles. The molecule has 3 rings (SSSR count). The van der Waals surface area contributed by atoms with E-state index in [-0.39, 0.29) is 11.3 Å². The molecule has 1 atom stereocenters. The van der Waals surface area contributed by atoms with Crippen LogP contribution in [0.2, 0.25) is 0 Å². The lowest BCUT2D eigenvalue weighted by atomic mass is 9.88. The zero-order valence-electron chi connectivity index (χ0n) is 9.92. The molecule has 98 valence electrons. The van der Waals surface area contributed by atoms with Crippen molar-refractivity contribution in [3.63, 3.8) is 0 Å². The molecule has 1 saturated carbocycles. The van der Waals surface area contributed by atoms with Crippen LogP contribution in [0, 0.1) is 9.87 Å². The molecule has 1 saturated heterocycles. The number of hydrogen-bond donors (Lipinski definition) is 1. The standard InChI is InChI=1S/C11H15N3OS3/c15-8-6-17-9(7-4-2-1-3-5-7)14(8)10-12-13-11(16)18-10/h7,9H,1-6H2,(H,13,16). The van der Waals surface area contributed by atoms with Gasteiger partial charge in [-0.2, -0.15) is 0 Å². The average molecular weight is 301 g/mol. The molecule has 7 heteroatoms. The topological polar surface area (TPSA) is 49.0 Å². The fourth-order valence-corrected chi connectivity index (χ4v) is 5.11. The summed E-state index contributed by atoms with van der Waals surface area (Å²) in [5, 5.41) is 7.96. The van der Waals surface area contributed by atoms with Crippen LogP contribution in [0.1, 0.15) is 32.1 Å². The maximum absolute atomic E-state index is 12.1.